The monoisotopic (exact) mass is 190 g/mol. The Bertz CT molecular complexity index is 342. The maximum Gasteiger partial charge on any atom is 0.0635 e. The van der Waals surface area contributed by atoms with Gasteiger partial charge in [-0.25, -0.2) is 0 Å². The van der Waals surface area contributed by atoms with Crippen molar-refractivity contribution >= 4 is 11.4 Å². The second-order valence-corrected chi connectivity index (χ2v) is 2.87. The molecule has 0 bridgehead atoms. The van der Waals surface area contributed by atoms with Gasteiger partial charge in [0.2, 0.25) is 0 Å². The molecule has 1 rings (SSSR count). The maximum absolute atomic E-state index is 5.78. The number of nitrogens with one attached hydrogen (secondary N) is 1. The molecule has 0 spiro atoms. The average molecular weight is 190 g/mol. The second-order valence-electron chi connectivity index (χ2n) is 2.87. The Kier molecular flexibility index (Phi) is 3.84. The van der Waals surface area contributed by atoms with E-state index in [1.807, 2.05) is 12.1 Å². The van der Waals surface area contributed by atoms with Crippen molar-refractivity contribution in [3.8, 4) is 12.3 Å². The van der Waals surface area contributed by atoms with Crippen molar-refractivity contribution in [1.82, 2.24) is 0 Å². The summed E-state index contributed by atoms with van der Waals surface area (Å²) in [5, 5.41) is 3.15. The van der Waals surface area contributed by atoms with Gasteiger partial charge in [0.15, 0.2) is 0 Å². The third kappa shape index (κ3) is 2.68. The van der Waals surface area contributed by atoms with Crippen LogP contribution in [0.15, 0.2) is 18.2 Å². The van der Waals surface area contributed by atoms with Gasteiger partial charge in [-0.1, -0.05) is 5.92 Å². The zero-order chi connectivity index (χ0) is 10.4. The molecule has 3 heteroatoms. The van der Waals surface area contributed by atoms with Gasteiger partial charge in [-0.05, 0) is 18.2 Å². The number of anilines is 2. The lowest BCUT2D eigenvalue weighted by Gasteiger charge is -2.08. The van der Waals surface area contributed by atoms with Gasteiger partial charge in [0.25, 0.3) is 0 Å². The van der Waals surface area contributed by atoms with Crippen molar-refractivity contribution < 1.29 is 4.74 Å². The Morgan fingerprint density at radius 1 is 1.57 bits per heavy atom. The van der Waals surface area contributed by atoms with Crippen LogP contribution in [0.4, 0.5) is 11.4 Å². The van der Waals surface area contributed by atoms with E-state index in [4.69, 9.17) is 16.9 Å². The fourth-order valence-corrected chi connectivity index (χ4v) is 1.10. The molecule has 1 aromatic carbocycles. The van der Waals surface area contributed by atoms with Gasteiger partial charge in [0.05, 0.1) is 18.0 Å². The molecular formula is C11H14N2O. The number of terminal acetylenes is 1. The number of ether oxygens (including phenoxy) is 1. The van der Waals surface area contributed by atoms with Crippen molar-refractivity contribution in [1.29, 1.82) is 0 Å². The Balaban J connectivity index is 2.65. The van der Waals surface area contributed by atoms with Crippen LogP contribution in [0.25, 0.3) is 0 Å². The fraction of sp³-hybridized carbons (Fsp3) is 0.273. The molecule has 0 aliphatic heterocycles. The summed E-state index contributed by atoms with van der Waals surface area (Å²) in [6.07, 6.45) is 5.24. The minimum Gasteiger partial charge on any atom is -0.397 e. The highest BCUT2D eigenvalue weighted by Crippen LogP contribution is 2.18. The first-order valence-electron chi connectivity index (χ1n) is 4.37. The van der Waals surface area contributed by atoms with E-state index in [1.54, 1.807) is 13.2 Å². The third-order valence-corrected chi connectivity index (χ3v) is 1.84. The molecule has 0 fully saturated rings. The van der Waals surface area contributed by atoms with E-state index in [9.17, 15) is 0 Å². The normalized spacial score (nSPS) is 9.43. The molecule has 3 N–H and O–H groups in total. The summed E-state index contributed by atoms with van der Waals surface area (Å²) in [6.45, 7) is 1.38. The van der Waals surface area contributed by atoms with Crippen LogP contribution in [0.5, 0.6) is 0 Å². The topological polar surface area (TPSA) is 47.3 Å². The van der Waals surface area contributed by atoms with Crippen LogP contribution >= 0.6 is 0 Å². The lowest BCUT2D eigenvalue weighted by Crippen LogP contribution is -2.09. The summed E-state index contributed by atoms with van der Waals surface area (Å²) in [5.74, 6) is 2.53. The molecule has 0 unspecified atom stereocenters. The smallest absolute Gasteiger partial charge is 0.0635 e. The number of rotatable bonds is 4. The Morgan fingerprint density at radius 3 is 2.93 bits per heavy atom. The lowest BCUT2D eigenvalue weighted by molar-refractivity contribution is 0.211. The van der Waals surface area contributed by atoms with Crippen LogP contribution in [-0.2, 0) is 4.74 Å². The van der Waals surface area contributed by atoms with Gasteiger partial charge in [-0.2, -0.15) is 0 Å². The molecule has 74 valence electrons. The van der Waals surface area contributed by atoms with E-state index >= 15 is 0 Å². The summed E-state index contributed by atoms with van der Waals surface area (Å²) in [6, 6.07) is 5.50. The number of nitrogens with two attached hydrogens (primary N) is 1. The minimum absolute atomic E-state index is 0.649. The zero-order valence-corrected chi connectivity index (χ0v) is 8.21. The van der Waals surface area contributed by atoms with Crippen molar-refractivity contribution in [2.45, 2.75) is 0 Å². The molecule has 0 radical (unpaired) electrons. The van der Waals surface area contributed by atoms with E-state index in [0.29, 0.717) is 12.3 Å². The fourth-order valence-electron chi connectivity index (χ4n) is 1.10. The van der Waals surface area contributed by atoms with E-state index in [2.05, 4.69) is 11.2 Å². The average Bonchev–Trinajstić information content (AvgIpc) is 2.20. The van der Waals surface area contributed by atoms with Gasteiger partial charge in [-0.15, -0.1) is 6.42 Å². The van der Waals surface area contributed by atoms with Crippen LogP contribution < -0.4 is 11.1 Å². The number of hydrogen-bond donors (Lipinski definition) is 2. The highest BCUT2D eigenvalue weighted by atomic mass is 16.5. The summed E-state index contributed by atoms with van der Waals surface area (Å²) in [7, 11) is 1.66. The van der Waals surface area contributed by atoms with Gasteiger partial charge in [0, 0.05) is 19.2 Å². The molecule has 14 heavy (non-hydrogen) atoms. The first-order valence-corrected chi connectivity index (χ1v) is 4.37. The largest absolute Gasteiger partial charge is 0.397 e. The molecule has 3 nitrogen and oxygen atoms in total. The van der Waals surface area contributed by atoms with Gasteiger partial charge < -0.3 is 15.8 Å². The van der Waals surface area contributed by atoms with E-state index in [-0.39, 0.29) is 0 Å². The summed E-state index contributed by atoms with van der Waals surface area (Å²) in [4.78, 5) is 0. The number of hydrogen-bond acceptors (Lipinski definition) is 3. The Labute approximate surface area is 84.3 Å². The molecule has 0 saturated heterocycles. The van der Waals surface area contributed by atoms with Crippen molar-refractivity contribution in [3.05, 3.63) is 23.8 Å². The van der Waals surface area contributed by atoms with Crippen molar-refractivity contribution in [2.24, 2.45) is 0 Å². The van der Waals surface area contributed by atoms with E-state index < -0.39 is 0 Å². The molecule has 0 atom stereocenters. The molecule has 0 aromatic heterocycles. The second kappa shape index (κ2) is 5.15. The van der Waals surface area contributed by atoms with E-state index in [1.165, 1.54) is 0 Å². The molecular weight excluding hydrogens is 176 g/mol. The first-order chi connectivity index (χ1) is 6.77. The molecule has 0 aliphatic rings. The highest BCUT2D eigenvalue weighted by molar-refractivity contribution is 5.68. The SMILES string of the molecule is C#Cc1ccc(NCCOC)c(N)c1. The maximum atomic E-state index is 5.78. The van der Waals surface area contributed by atoms with Crippen LogP contribution in [0.3, 0.4) is 0 Å². The molecule has 1 aromatic rings. The minimum atomic E-state index is 0.649. The lowest BCUT2D eigenvalue weighted by atomic mass is 10.2. The van der Waals surface area contributed by atoms with Crippen LogP contribution in [0.2, 0.25) is 0 Å². The predicted molar refractivity (Wildman–Crippen MR) is 59.2 cm³/mol. The van der Waals surface area contributed by atoms with Crippen LogP contribution in [-0.4, -0.2) is 20.3 Å². The first kappa shape index (κ1) is 10.4. The van der Waals surface area contributed by atoms with Gasteiger partial charge in [0.1, 0.15) is 0 Å². The zero-order valence-electron chi connectivity index (χ0n) is 8.21. The molecule has 0 aliphatic carbocycles. The Hall–Kier alpha value is -1.66. The van der Waals surface area contributed by atoms with Crippen LogP contribution in [0.1, 0.15) is 5.56 Å². The summed E-state index contributed by atoms with van der Waals surface area (Å²) in [5.41, 5.74) is 8.13. The molecule has 0 heterocycles. The van der Waals surface area contributed by atoms with Gasteiger partial charge in [-0.3, -0.25) is 0 Å². The molecule has 0 amide bonds. The summed E-state index contributed by atoms with van der Waals surface area (Å²) < 4.78 is 4.91. The molecule has 0 saturated carbocycles. The predicted octanol–water partition coefficient (Wildman–Crippen LogP) is 1.31. The summed E-state index contributed by atoms with van der Waals surface area (Å²) >= 11 is 0. The van der Waals surface area contributed by atoms with Crippen LogP contribution in [0, 0.1) is 12.3 Å². The van der Waals surface area contributed by atoms with E-state index in [0.717, 1.165) is 17.8 Å². The highest BCUT2D eigenvalue weighted by Gasteiger charge is 1.98. The Morgan fingerprint density at radius 2 is 2.36 bits per heavy atom. The van der Waals surface area contributed by atoms with Gasteiger partial charge >= 0.3 is 0 Å². The third-order valence-electron chi connectivity index (χ3n) is 1.84. The number of benzene rings is 1. The van der Waals surface area contributed by atoms with Crippen molar-refractivity contribution in [3.63, 3.8) is 0 Å². The van der Waals surface area contributed by atoms with Crippen molar-refractivity contribution in [2.75, 3.05) is 31.3 Å². The standard InChI is InChI=1S/C11H14N2O/c1-3-9-4-5-11(10(12)8-9)13-6-7-14-2/h1,4-5,8,13H,6-7,12H2,2H3. The number of nitrogen functional groups attached to an aromatic ring is 1. The quantitative estimate of drug-likeness (QED) is 0.427. The number of methoxy groups -OCH3 is 1.